The predicted octanol–water partition coefficient (Wildman–Crippen LogP) is 3.37. The number of hydrogen-bond donors (Lipinski definition) is 3. The number of rotatable bonds is 12. The van der Waals surface area contributed by atoms with Crippen molar-refractivity contribution in [3.63, 3.8) is 0 Å². The van der Waals surface area contributed by atoms with Crippen LogP contribution in [0.5, 0.6) is 0 Å². The van der Waals surface area contributed by atoms with E-state index >= 15 is 0 Å². The molecule has 1 amide bonds. The van der Waals surface area contributed by atoms with Crippen molar-refractivity contribution in [2.75, 3.05) is 0 Å². The van der Waals surface area contributed by atoms with Gasteiger partial charge in [-0.2, -0.15) is 0 Å². The first-order valence-electron chi connectivity index (χ1n) is 9.75. The van der Waals surface area contributed by atoms with Gasteiger partial charge in [-0.15, -0.1) is 0 Å². The predicted molar refractivity (Wildman–Crippen MR) is 112 cm³/mol. The van der Waals surface area contributed by atoms with Crippen molar-refractivity contribution < 1.29 is 28.3 Å². The number of carboxylic acid groups (broad SMARTS) is 1. The van der Waals surface area contributed by atoms with E-state index in [1.165, 1.54) is 0 Å². The van der Waals surface area contributed by atoms with E-state index in [-0.39, 0.29) is 12.3 Å². The van der Waals surface area contributed by atoms with Crippen molar-refractivity contribution in [1.82, 2.24) is 10.4 Å². The maximum Gasteiger partial charge on any atom is 0.406 e. The maximum absolute atomic E-state index is 13.2. The summed E-state index contributed by atoms with van der Waals surface area (Å²) >= 11 is 0. The van der Waals surface area contributed by atoms with E-state index in [9.17, 15) is 19.3 Å². The number of carbonyl (C=O) groups is 2. The number of benzene rings is 1. The lowest BCUT2D eigenvalue weighted by Crippen LogP contribution is -2.52. The molecule has 29 heavy (non-hydrogen) atoms. The number of carbonyl (C=O) groups excluding carboxylic acids is 1. The monoisotopic (exact) mass is 428 g/mol. The van der Waals surface area contributed by atoms with Gasteiger partial charge in [0.2, 0.25) is 5.91 Å². The number of carboxylic acids is 1. The molecule has 0 aromatic heterocycles. The van der Waals surface area contributed by atoms with Crippen molar-refractivity contribution in [2.45, 2.75) is 72.3 Å². The normalized spacial score (nSPS) is 14.2. The lowest BCUT2D eigenvalue weighted by Gasteiger charge is -2.28. The Labute approximate surface area is 173 Å². The summed E-state index contributed by atoms with van der Waals surface area (Å²) < 4.78 is 24.2. The highest BCUT2D eigenvalue weighted by Crippen LogP contribution is 2.47. The molecule has 0 aliphatic carbocycles. The highest BCUT2D eigenvalue weighted by Gasteiger charge is 2.35. The Bertz CT molecular complexity index is 694. The molecule has 2 atom stereocenters. The molecule has 3 N–H and O–H groups in total. The Morgan fingerprint density at radius 2 is 1.52 bits per heavy atom. The minimum absolute atomic E-state index is 0.185. The van der Waals surface area contributed by atoms with Gasteiger partial charge < -0.3 is 10.4 Å². The molecule has 0 saturated carbocycles. The molecule has 1 aromatic carbocycles. The molecule has 9 heteroatoms. The highest BCUT2D eigenvalue weighted by atomic mass is 31.2. The molecule has 0 spiro atoms. The Kier molecular flexibility index (Phi) is 10.00. The first kappa shape index (κ1) is 25.3. The van der Waals surface area contributed by atoms with Gasteiger partial charge in [-0.3, -0.25) is 13.8 Å². The first-order chi connectivity index (χ1) is 13.4. The molecular weight excluding hydrogens is 395 g/mol. The van der Waals surface area contributed by atoms with Crippen LogP contribution in [-0.2, 0) is 29.6 Å². The fourth-order valence-corrected chi connectivity index (χ4v) is 4.52. The molecule has 0 saturated heterocycles. The van der Waals surface area contributed by atoms with Crippen LogP contribution in [0.25, 0.3) is 0 Å². The summed E-state index contributed by atoms with van der Waals surface area (Å²) in [5.41, 5.74) is 0.817. The minimum Gasteiger partial charge on any atom is -0.480 e. The summed E-state index contributed by atoms with van der Waals surface area (Å²) in [5.74, 6) is -2.04. The molecule has 164 valence electrons. The molecule has 0 bridgehead atoms. The fraction of sp³-hybridized carbons (Fsp3) is 0.600. The molecule has 0 aliphatic rings. The quantitative estimate of drug-likeness (QED) is 0.437. The molecule has 8 nitrogen and oxygen atoms in total. The van der Waals surface area contributed by atoms with Crippen LogP contribution in [0.15, 0.2) is 30.3 Å². The van der Waals surface area contributed by atoms with Crippen LogP contribution < -0.4 is 10.4 Å². The summed E-state index contributed by atoms with van der Waals surface area (Å²) in [5, 5.41) is 14.7. The zero-order valence-corrected chi connectivity index (χ0v) is 18.8. The summed E-state index contributed by atoms with van der Waals surface area (Å²) in [4.78, 5) is 24.4. The van der Waals surface area contributed by atoms with Crippen LogP contribution in [-0.4, -0.2) is 41.3 Å². The number of aliphatic carboxylic acids is 1. The van der Waals surface area contributed by atoms with Crippen LogP contribution in [0.1, 0.15) is 47.1 Å². The van der Waals surface area contributed by atoms with Gasteiger partial charge in [-0.05, 0) is 45.6 Å². The van der Waals surface area contributed by atoms with Crippen LogP contribution in [0, 0.1) is 5.92 Å². The molecule has 1 aromatic rings. The van der Waals surface area contributed by atoms with Gasteiger partial charge in [0.25, 0.3) is 0 Å². The van der Waals surface area contributed by atoms with E-state index in [1.54, 1.807) is 41.5 Å². The third-order valence-electron chi connectivity index (χ3n) is 3.84. The van der Waals surface area contributed by atoms with Crippen molar-refractivity contribution in [3.05, 3.63) is 35.9 Å². The first-order valence-corrected chi connectivity index (χ1v) is 11.3. The van der Waals surface area contributed by atoms with Crippen molar-refractivity contribution in [2.24, 2.45) is 5.92 Å². The van der Waals surface area contributed by atoms with Crippen LogP contribution in [0.2, 0.25) is 0 Å². The van der Waals surface area contributed by atoms with Crippen molar-refractivity contribution in [3.8, 4) is 0 Å². The Morgan fingerprint density at radius 1 is 1.00 bits per heavy atom. The van der Waals surface area contributed by atoms with E-state index in [0.29, 0.717) is 0 Å². The SMILES string of the molecule is CC(C)OP(=O)(N[C@@H](Cc1ccccc1)C(=O)N[C@H](C(=O)O)C(C)C)OC(C)C. The number of nitrogens with one attached hydrogen (secondary N) is 2. The molecule has 0 radical (unpaired) electrons. The van der Waals surface area contributed by atoms with Gasteiger partial charge in [0.05, 0.1) is 12.2 Å². The highest BCUT2D eigenvalue weighted by molar-refractivity contribution is 7.51. The van der Waals surface area contributed by atoms with Gasteiger partial charge in [0.1, 0.15) is 12.1 Å². The van der Waals surface area contributed by atoms with Crippen LogP contribution >= 0.6 is 7.75 Å². The molecule has 1 rings (SSSR count). The minimum atomic E-state index is -3.83. The second-order valence-electron chi connectivity index (χ2n) is 7.75. The van der Waals surface area contributed by atoms with Crippen LogP contribution in [0.4, 0.5) is 0 Å². The molecule has 0 aliphatic heterocycles. The molecule has 0 unspecified atom stereocenters. The number of hydrogen-bond acceptors (Lipinski definition) is 5. The fourth-order valence-electron chi connectivity index (χ4n) is 2.65. The average molecular weight is 428 g/mol. The Hall–Kier alpha value is -1.73. The van der Waals surface area contributed by atoms with E-state index in [0.717, 1.165) is 5.56 Å². The van der Waals surface area contributed by atoms with E-state index in [4.69, 9.17) is 9.05 Å². The van der Waals surface area contributed by atoms with Gasteiger partial charge in [0.15, 0.2) is 0 Å². The third kappa shape index (κ3) is 9.09. The summed E-state index contributed by atoms with van der Waals surface area (Å²) in [6.07, 6.45) is -0.630. The maximum atomic E-state index is 13.2. The summed E-state index contributed by atoms with van der Waals surface area (Å²) in [7, 11) is -3.83. The van der Waals surface area contributed by atoms with E-state index < -0.39 is 43.9 Å². The van der Waals surface area contributed by atoms with Crippen molar-refractivity contribution in [1.29, 1.82) is 0 Å². The second-order valence-corrected chi connectivity index (χ2v) is 9.42. The van der Waals surface area contributed by atoms with E-state index in [1.807, 2.05) is 30.3 Å². The molecular formula is C20H33N2O6P. The Morgan fingerprint density at radius 3 is 1.93 bits per heavy atom. The third-order valence-corrected chi connectivity index (χ3v) is 5.87. The van der Waals surface area contributed by atoms with Gasteiger partial charge >= 0.3 is 13.7 Å². The topological polar surface area (TPSA) is 114 Å². The van der Waals surface area contributed by atoms with Crippen molar-refractivity contribution >= 4 is 19.6 Å². The largest absolute Gasteiger partial charge is 0.480 e. The van der Waals surface area contributed by atoms with Crippen LogP contribution in [0.3, 0.4) is 0 Å². The average Bonchev–Trinajstić information content (AvgIpc) is 2.57. The standard InChI is InChI=1S/C20H33N2O6P/c1-13(2)18(20(24)25)21-19(23)17(12-16-10-8-7-9-11-16)22-29(26,27-14(3)4)28-15(5)6/h7-11,13-15,17-18H,12H2,1-6H3,(H,21,23)(H,22,26)(H,24,25)/t17-,18-/m0/s1. The van der Waals surface area contributed by atoms with Gasteiger partial charge in [-0.25, -0.2) is 14.4 Å². The lowest BCUT2D eigenvalue weighted by molar-refractivity contribution is -0.143. The summed E-state index contributed by atoms with van der Waals surface area (Å²) in [6, 6.07) is 7.08. The smallest absolute Gasteiger partial charge is 0.406 e. The van der Waals surface area contributed by atoms with E-state index in [2.05, 4.69) is 10.4 Å². The zero-order chi connectivity index (χ0) is 22.2. The number of amides is 1. The second kappa shape index (κ2) is 11.5. The van der Waals surface area contributed by atoms with Gasteiger partial charge in [0, 0.05) is 0 Å². The zero-order valence-electron chi connectivity index (χ0n) is 17.9. The molecule has 0 heterocycles. The Balaban J connectivity index is 3.16. The summed E-state index contributed by atoms with van der Waals surface area (Å²) in [6.45, 7) is 10.3. The lowest BCUT2D eigenvalue weighted by atomic mass is 10.0. The molecule has 0 fully saturated rings. The van der Waals surface area contributed by atoms with Gasteiger partial charge in [-0.1, -0.05) is 44.2 Å².